The first-order valence-corrected chi connectivity index (χ1v) is 7.74. The van der Waals surface area contributed by atoms with Gasteiger partial charge in [0.2, 0.25) is 5.91 Å². The Morgan fingerprint density at radius 2 is 1.76 bits per heavy atom. The molecule has 2 rings (SSSR count). The quantitative estimate of drug-likeness (QED) is 0.839. The highest BCUT2D eigenvalue weighted by atomic mass is 79.9. The van der Waals surface area contributed by atoms with Gasteiger partial charge in [0.25, 0.3) is 0 Å². The van der Waals surface area contributed by atoms with Crippen molar-refractivity contribution in [3.63, 3.8) is 0 Å². The van der Waals surface area contributed by atoms with Crippen molar-refractivity contribution in [3.8, 4) is 5.75 Å². The predicted octanol–water partition coefficient (Wildman–Crippen LogP) is 4.42. The minimum absolute atomic E-state index is 0.0282. The zero-order valence-corrected chi connectivity index (χ0v) is 13.5. The molecule has 1 N–H and O–H groups in total. The Balaban J connectivity index is 1.88. The van der Waals surface area contributed by atoms with Crippen molar-refractivity contribution >= 4 is 27.5 Å². The lowest BCUT2D eigenvalue weighted by atomic mass is 10.1. The Morgan fingerprint density at radius 3 is 2.38 bits per heavy atom. The van der Waals surface area contributed by atoms with E-state index in [0.29, 0.717) is 13.0 Å². The van der Waals surface area contributed by atoms with Crippen molar-refractivity contribution in [2.45, 2.75) is 19.8 Å². The molecule has 2 aromatic carbocycles. The van der Waals surface area contributed by atoms with Crippen LogP contribution in [0.1, 0.15) is 18.9 Å². The van der Waals surface area contributed by atoms with Gasteiger partial charge in [-0.05, 0) is 48.4 Å². The molecule has 0 saturated heterocycles. The summed E-state index contributed by atoms with van der Waals surface area (Å²) in [5, 5.41) is 2.88. The van der Waals surface area contributed by atoms with Crippen LogP contribution in [-0.2, 0) is 11.2 Å². The lowest BCUT2D eigenvalue weighted by molar-refractivity contribution is -0.115. The molecular formula is C17H18BrNO2. The van der Waals surface area contributed by atoms with E-state index in [2.05, 4.69) is 28.2 Å². The van der Waals surface area contributed by atoms with E-state index in [4.69, 9.17) is 4.74 Å². The van der Waals surface area contributed by atoms with E-state index in [9.17, 15) is 4.79 Å². The maximum Gasteiger partial charge on any atom is 0.228 e. The molecule has 2 aromatic rings. The number of nitrogens with one attached hydrogen (secondary N) is 1. The number of hydrogen-bond donors (Lipinski definition) is 1. The molecule has 1 amide bonds. The normalized spacial score (nSPS) is 10.2. The summed E-state index contributed by atoms with van der Waals surface area (Å²) < 4.78 is 6.51. The van der Waals surface area contributed by atoms with Crippen molar-refractivity contribution in [1.29, 1.82) is 0 Å². The molecule has 3 nitrogen and oxygen atoms in total. The number of anilines is 1. The van der Waals surface area contributed by atoms with E-state index in [1.807, 2.05) is 48.5 Å². The highest BCUT2D eigenvalue weighted by Crippen LogP contribution is 2.16. The Morgan fingerprint density at radius 1 is 1.10 bits per heavy atom. The minimum Gasteiger partial charge on any atom is -0.494 e. The second-order valence-electron chi connectivity index (χ2n) is 4.72. The van der Waals surface area contributed by atoms with Crippen molar-refractivity contribution in [1.82, 2.24) is 0 Å². The molecule has 0 fully saturated rings. The van der Waals surface area contributed by atoms with Crippen LogP contribution in [0.2, 0.25) is 0 Å². The number of carbonyl (C=O) groups excluding carboxylic acids is 1. The fourth-order valence-corrected chi connectivity index (χ4v) is 2.11. The Labute approximate surface area is 133 Å². The zero-order valence-electron chi connectivity index (χ0n) is 11.9. The molecule has 110 valence electrons. The van der Waals surface area contributed by atoms with Crippen LogP contribution in [0.3, 0.4) is 0 Å². The van der Waals surface area contributed by atoms with Gasteiger partial charge in [0, 0.05) is 10.2 Å². The first kappa shape index (κ1) is 15.6. The van der Waals surface area contributed by atoms with E-state index in [0.717, 1.165) is 27.9 Å². The number of halogens is 1. The van der Waals surface area contributed by atoms with Crippen LogP contribution in [0.25, 0.3) is 0 Å². The van der Waals surface area contributed by atoms with Gasteiger partial charge >= 0.3 is 0 Å². The number of benzene rings is 2. The van der Waals surface area contributed by atoms with E-state index >= 15 is 0 Å². The molecule has 0 bridgehead atoms. The zero-order chi connectivity index (χ0) is 15.1. The largest absolute Gasteiger partial charge is 0.494 e. The second kappa shape index (κ2) is 7.84. The molecule has 0 aliphatic carbocycles. The summed E-state index contributed by atoms with van der Waals surface area (Å²) in [5.41, 5.74) is 1.76. The molecule has 0 aliphatic heterocycles. The third kappa shape index (κ3) is 5.23. The molecule has 0 saturated carbocycles. The maximum atomic E-state index is 12.0. The smallest absolute Gasteiger partial charge is 0.228 e. The predicted molar refractivity (Wildman–Crippen MR) is 88.7 cm³/mol. The van der Waals surface area contributed by atoms with E-state index < -0.39 is 0 Å². The first-order chi connectivity index (χ1) is 10.2. The van der Waals surface area contributed by atoms with Crippen molar-refractivity contribution in [2.24, 2.45) is 0 Å². The van der Waals surface area contributed by atoms with E-state index in [1.54, 1.807) is 0 Å². The molecule has 0 aromatic heterocycles. The third-order valence-electron chi connectivity index (χ3n) is 2.89. The van der Waals surface area contributed by atoms with Gasteiger partial charge in [-0.15, -0.1) is 0 Å². The van der Waals surface area contributed by atoms with Crippen LogP contribution in [0.4, 0.5) is 5.69 Å². The number of ether oxygens (including phenoxy) is 1. The molecule has 21 heavy (non-hydrogen) atoms. The fourth-order valence-electron chi connectivity index (χ4n) is 1.85. The van der Waals surface area contributed by atoms with Crippen LogP contribution >= 0.6 is 15.9 Å². The topological polar surface area (TPSA) is 38.3 Å². The van der Waals surface area contributed by atoms with Crippen LogP contribution in [0, 0.1) is 0 Å². The average Bonchev–Trinajstić information content (AvgIpc) is 2.49. The molecule has 0 radical (unpaired) electrons. The standard InChI is InChI=1S/C17H18BrNO2/c1-2-11-21-16-9-7-15(8-10-16)19-17(20)12-13-3-5-14(18)6-4-13/h3-10H,2,11-12H2,1H3,(H,19,20). The number of carbonyl (C=O) groups is 1. The van der Waals surface area contributed by atoms with Crippen molar-refractivity contribution in [2.75, 3.05) is 11.9 Å². The summed E-state index contributed by atoms with van der Waals surface area (Å²) in [6, 6.07) is 15.2. The molecule has 0 spiro atoms. The molecule has 0 atom stereocenters. The number of amides is 1. The molecule has 0 heterocycles. The Kier molecular flexibility index (Phi) is 5.81. The van der Waals surface area contributed by atoms with Crippen molar-refractivity contribution < 1.29 is 9.53 Å². The minimum atomic E-state index is -0.0282. The van der Waals surface area contributed by atoms with Gasteiger partial charge in [-0.1, -0.05) is 35.0 Å². The maximum absolute atomic E-state index is 12.0. The van der Waals surface area contributed by atoms with Gasteiger partial charge in [-0.3, -0.25) is 4.79 Å². The summed E-state index contributed by atoms with van der Waals surface area (Å²) in [6.07, 6.45) is 1.34. The Hall–Kier alpha value is -1.81. The average molecular weight is 348 g/mol. The SMILES string of the molecule is CCCOc1ccc(NC(=O)Cc2ccc(Br)cc2)cc1. The van der Waals surface area contributed by atoms with E-state index in [-0.39, 0.29) is 5.91 Å². The van der Waals surface area contributed by atoms with Crippen LogP contribution in [-0.4, -0.2) is 12.5 Å². The lowest BCUT2D eigenvalue weighted by Gasteiger charge is -2.08. The lowest BCUT2D eigenvalue weighted by Crippen LogP contribution is -2.14. The molecule has 0 unspecified atom stereocenters. The highest BCUT2D eigenvalue weighted by Gasteiger charge is 2.04. The summed E-state index contributed by atoms with van der Waals surface area (Å²) in [6.45, 7) is 2.77. The highest BCUT2D eigenvalue weighted by molar-refractivity contribution is 9.10. The van der Waals surface area contributed by atoms with Crippen LogP contribution in [0.5, 0.6) is 5.75 Å². The summed E-state index contributed by atoms with van der Waals surface area (Å²) in [7, 11) is 0. The van der Waals surface area contributed by atoms with Crippen LogP contribution in [0.15, 0.2) is 53.0 Å². The van der Waals surface area contributed by atoms with Gasteiger partial charge in [-0.2, -0.15) is 0 Å². The monoisotopic (exact) mass is 347 g/mol. The van der Waals surface area contributed by atoms with Gasteiger partial charge in [-0.25, -0.2) is 0 Å². The van der Waals surface area contributed by atoms with Gasteiger partial charge < -0.3 is 10.1 Å². The summed E-state index contributed by atoms with van der Waals surface area (Å²) >= 11 is 3.38. The van der Waals surface area contributed by atoms with Crippen molar-refractivity contribution in [3.05, 3.63) is 58.6 Å². The summed E-state index contributed by atoms with van der Waals surface area (Å²) in [4.78, 5) is 12.0. The second-order valence-corrected chi connectivity index (χ2v) is 5.64. The first-order valence-electron chi connectivity index (χ1n) is 6.94. The fraction of sp³-hybridized carbons (Fsp3) is 0.235. The van der Waals surface area contributed by atoms with Crippen LogP contribution < -0.4 is 10.1 Å². The van der Waals surface area contributed by atoms with Gasteiger partial charge in [0.05, 0.1) is 13.0 Å². The van der Waals surface area contributed by atoms with E-state index in [1.165, 1.54) is 0 Å². The molecule has 0 aliphatic rings. The van der Waals surface area contributed by atoms with Gasteiger partial charge in [0.1, 0.15) is 5.75 Å². The number of hydrogen-bond acceptors (Lipinski definition) is 2. The molecular weight excluding hydrogens is 330 g/mol. The Bertz CT molecular complexity index is 579. The number of rotatable bonds is 6. The van der Waals surface area contributed by atoms with Gasteiger partial charge in [0.15, 0.2) is 0 Å². The molecule has 4 heteroatoms. The summed E-state index contributed by atoms with van der Waals surface area (Å²) in [5.74, 6) is 0.794. The third-order valence-corrected chi connectivity index (χ3v) is 3.42.